The van der Waals surface area contributed by atoms with Crippen LogP contribution >= 0.6 is 0 Å². The van der Waals surface area contributed by atoms with Crippen molar-refractivity contribution in [1.82, 2.24) is 0 Å². The Morgan fingerprint density at radius 2 is 1.75 bits per heavy atom. The first-order valence-electron chi connectivity index (χ1n) is 7.93. The van der Waals surface area contributed by atoms with E-state index in [-0.39, 0.29) is 11.3 Å². The van der Waals surface area contributed by atoms with Crippen LogP contribution in [0.4, 0.5) is 0 Å². The molecule has 2 heteroatoms. The molecule has 1 aromatic rings. The molecule has 0 heterocycles. The molecule has 4 fully saturated rings. The van der Waals surface area contributed by atoms with E-state index in [1.807, 2.05) is 0 Å². The average Bonchev–Trinajstić information content (AvgIpc) is 2.36. The lowest BCUT2D eigenvalue weighted by atomic mass is 9.42. The highest BCUT2D eigenvalue weighted by Crippen LogP contribution is 2.66. The van der Waals surface area contributed by atoms with Gasteiger partial charge in [-0.2, -0.15) is 0 Å². The second-order valence-electron chi connectivity index (χ2n) is 7.75. The lowest BCUT2D eigenvalue weighted by Gasteiger charge is -2.62. The van der Waals surface area contributed by atoms with Gasteiger partial charge in [0, 0.05) is 6.42 Å². The van der Waals surface area contributed by atoms with E-state index >= 15 is 0 Å². The van der Waals surface area contributed by atoms with E-state index < -0.39 is 0 Å². The maximum absolute atomic E-state index is 11.5. The summed E-state index contributed by atoms with van der Waals surface area (Å²) in [6.07, 6.45) is 8.30. The fourth-order valence-corrected chi connectivity index (χ4v) is 6.16. The van der Waals surface area contributed by atoms with Gasteiger partial charge in [-0.15, -0.1) is 0 Å². The fraction of sp³-hybridized carbons (Fsp3) is 0.611. The second-order valence-corrected chi connectivity index (χ2v) is 7.75. The van der Waals surface area contributed by atoms with Crippen molar-refractivity contribution in [3.8, 4) is 0 Å². The molecule has 0 aliphatic heterocycles. The zero-order chi connectivity index (χ0) is 13.8. The molecule has 4 aliphatic carbocycles. The summed E-state index contributed by atoms with van der Waals surface area (Å²) in [5.41, 5.74) is 7.61. The van der Waals surface area contributed by atoms with Gasteiger partial charge in [0.25, 0.3) is 0 Å². The van der Waals surface area contributed by atoms with Gasteiger partial charge in [0.2, 0.25) is 5.91 Å². The normalized spacial score (nSPS) is 41.8. The molecule has 1 amide bonds. The Morgan fingerprint density at radius 1 is 1.10 bits per heavy atom. The molecule has 4 aliphatic rings. The number of nitrogens with two attached hydrogens (primary N) is 1. The molecule has 2 N–H and O–H groups in total. The number of amides is 1. The zero-order valence-corrected chi connectivity index (χ0v) is 12.0. The summed E-state index contributed by atoms with van der Waals surface area (Å²) < 4.78 is 0. The van der Waals surface area contributed by atoms with Crippen LogP contribution in [0.15, 0.2) is 30.3 Å². The minimum atomic E-state index is -0.102. The van der Waals surface area contributed by atoms with Crippen LogP contribution in [0.5, 0.6) is 0 Å². The van der Waals surface area contributed by atoms with Crippen LogP contribution in [-0.4, -0.2) is 5.91 Å². The highest BCUT2D eigenvalue weighted by atomic mass is 16.1. The molecule has 4 saturated carbocycles. The minimum absolute atomic E-state index is 0.102. The first kappa shape index (κ1) is 12.4. The molecular formula is C18H23NO. The third kappa shape index (κ3) is 1.81. The standard InChI is InChI=1S/C18H23NO/c19-16(20)11-17-7-13-6-14(8-17)10-18(9-13,12-17)15-4-2-1-3-5-15/h1-5,13-14H,6-12H2,(H2,19,20)/t13-,14-,17?,18?/m1/s1. The van der Waals surface area contributed by atoms with Gasteiger partial charge in [-0.05, 0) is 66.8 Å². The van der Waals surface area contributed by atoms with Crippen molar-refractivity contribution in [3.05, 3.63) is 35.9 Å². The first-order valence-corrected chi connectivity index (χ1v) is 7.93. The van der Waals surface area contributed by atoms with Gasteiger partial charge in [0.05, 0.1) is 0 Å². The third-order valence-electron chi connectivity index (χ3n) is 6.12. The van der Waals surface area contributed by atoms with Gasteiger partial charge < -0.3 is 5.73 Å². The van der Waals surface area contributed by atoms with Crippen LogP contribution in [0.1, 0.15) is 50.5 Å². The summed E-state index contributed by atoms with van der Waals surface area (Å²) in [5.74, 6) is 1.53. The second kappa shape index (κ2) is 4.09. The van der Waals surface area contributed by atoms with E-state index in [4.69, 9.17) is 5.73 Å². The molecule has 0 unspecified atom stereocenters. The maximum atomic E-state index is 11.5. The van der Waals surface area contributed by atoms with Gasteiger partial charge in [0.1, 0.15) is 0 Å². The van der Waals surface area contributed by atoms with Gasteiger partial charge in [-0.3, -0.25) is 4.79 Å². The predicted molar refractivity (Wildman–Crippen MR) is 79.0 cm³/mol. The number of primary amides is 1. The van der Waals surface area contributed by atoms with E-state index in [2.05, 4.69) is 30.3 Å². The van der Waals surface area contributed by atoms with Crippen molar-refractivity contribution in [2.45, 2.75) is 50.4 Å². The Kier molecular flexibility index (Phi) is 2.55. The van der Waals surface area contributed by atoms with Gasteiger partial charge in [0.15, 0.2) is 0 Å². The third-order valence-corrected chi connectivity index (χ3v) is 6.12. The molecular weight excluding hydrogens is 246 g/mol. The molecule has 4 bridgehead atoms. The summed E-state index contributed by atoms with van der Waals surface area (Å²) in [6.45, 7) is 0. The summed E-state index contributed by atoms with van der Waals surface area (Å²) in [4.78, 5) is 11.5. The van der Waals surface area contributed by atoms with Crippen LogP contribution < -0.4 is 5.73 Å². The number of hydrogen-bond acceptors (Lipinski definition) is 1. The monoisotopic (exact) mass is 269 g/mol. The average molecular weight is 269 g/mol. The van der Waals surface area contributed by atoms with E-state index in [9.17, 15) is 4.79 Å². The van der Waals surface area contributed by atoms with Crippen LogP contribution in [0.25, 0.3) is 0 Å². The van der Waals surface area contributed by atoms with Crippen molar-refractivity contribution in [2.24, 2.45) is 23.0 Å². The van der Waals surface area contributed by atoms with Gasteiger partial charge in [-0.25, -0.2) is 0 Å². The highest BCUT2D eigenvalue weighted by Gasteiger charge is 2.58. The number of carbonyl (C=O) groups is 1. The quantitative estimate of drug-likeness (QED) is 0.898. The summed E-state index contributed by atoms with van der Waals surface area (Å²) in [7, 11) is 0. The predicted octanol–water partition coefficient (Wildman–Crippen LogP) is 3.40. The van der Waals surface area contributed by atoms with Gasteiger partial charge in [-0.1, -0.05) is 30.3 Å². The summed E-state index contributed by atoms with van der Waals surface area (Å²) in [5, 5.41) is 0. The highest BCUT2D eigenvalue weighted by molar-refractivity contribution is 5.74. The van der Waals surface area contributed by atoms with Crippen molar-refractivity contribution < 1.29 is 4.79 Å². The maximum Gasteiger partial charge on any atom is 0.217 e. The lowest BCUT2D eigenvalue weighted by Crippen LogP contribution is -2.54. The van der Waals surface area contributed by atoms with E-state index in [0.717, 1.165) is 11.8 Å². The minimum Gasteiger partial charge on any atom is -0.370 e. The van der Waals surface area contributed by atoms with Crippen molar-refractivity contribution >= 4 is 5.91 Å². The molecule has 1 aromatic carbocycles. The topological polar surface area (TPSA) is 43.1 Å². The van der Waals surface area contributed by atoms with Crippen molar-refractivity contribution in [2.75, 3.05) is 0 Å². The van der Waals surface area contributed by atoms with Crippen LogP contribution in [0, 0.1) is 17.3 Å². The molecule has 20 heavy (non-hydrogen) atoms. The fourth-order valence-electron chi connectivity index (χ4n) is 6.16. The Balaban J connectivity index is 1.74. The van der Waals surface area contributed by atoms with E-state index in [1.165, 1.54) is 44.1 Å². The molecule has 5 rings (SSSR count). The molecule has 0 saturated heterocycles. The number of hydrogen-bond donors (Lipinski definition) is 1. The largest absolute Gasteiger partial charge is 0.370 e. The number of benzene rings is 1. The van der Waals surface area contributed by atoms with E-state index in [0.29, 0.717) is 11.8 Å². The van der Waals surface area contributed by atoms with Crippen LogP contribution in [-0.2, 0) is 10.2 Å². The van der Waals surface area contributed by atoms with Crippen LogP contribution in [0.3, 0.4) is 0 Å². The lowest BCUT2D eigenvalue weighted by molar-refractivity contribution is -0.128. The Labute approximate surface area is 120 Å². The smallest absolute Gasteiger partial charge is 0.217 e. The SMILES string of the molecule is NC(=O)CC12C[C@H]3C[C@H](C1)CC(c1ccccc1)(C3)C2. The number of carbonyl (C=O) groups excluding carboxylic acids is 1. The zero-order valence-electron chi connectivity index (χ0n) is 12.0. The van der Waals surface area contributed by atoms with Crippen molar-refractivity contribution in [1.29, 1.82) is 0 Å². The molecule has 2 nitrogen and oxygen atoms in total. The Morgan fingerprint density at radius 3 is 2.35 bits per heavy atom. The summed E-state index contributed by atoms with van der Waals surface area (Å²) >= 11 is 0. The molecule has 0 aromatic heterocycles. The summed E-state index contributed by atoms with van der Waals surface area (Å²) in [6, 6.07) is 11.0. The Bertz CT molecular complexity index is 522. The first-order chi connectivity index (χ1) is 9.59. The Hall–Kier alpha value is -1.31. The van der Waals surface area contributed by atoms with Crippen molar-refractivity contribution in [3.63, 3.8) is 0 Å². The van der Waals surface area contributed by atoms with E-state index in [1.54, 1.807) is 0 Å². The van der Waals surface area contributed by atoms with Gasteiger partial charge >= 0.3 is 0 Å². The molecule has 0 radical (unpaired) electrons. The number of rotatable bonds is 3. The molecule has 0 spiro atoms. The molecule has 2 atom stereocenters. The van der Waals surface area contributed by atoms with Crippen LogP contribution in [0.2, 0.25) is 0 Å². The molecule has 106 valence electrons.